The Morgan fingerprint density at radius 1 is 1.24 bits per heavy atom. The second-order valence-corrected chi connectivity index (χ2v) is 5.69. The summed E-state index contributed by atoms with van der Waals surface area (Å²) < 4.78 is 5.20. The van der Waals surface area contributed by atoms with E-state index >= 15 is 0 Å². The molecule has 0 aliphatic rings. The molecule has 106 valence electrons. The lowest BCUT2D eigenvalue weighted by Gasteiger charge is -1.98. The Kier molecular flexibility index (Phi) is 4.08. The fraction of sp³-hybridized carbons (Fsp3) is 0.0714. The van der Waals surface area contributed by atoms with Gasteiger partial charge in [-0.05, 0) is 30.3 Å². The summed E-state index contributed by atoms with van der Waals surface area (Å²) in [4.78, 5) is 9.50. The number of thioether (sulfide) groups is 1. The smallest absolute Gasteiger partial charge is 0.278 e. The third kappa shape index (κ3) is 3.34. The summed E-state index contributed by atoms with van der Waals surface area (Å²) in [5.41, 5.74) is 6.85. The van der Waals surface area contributed by atoms with Crippen molar-refractivity contribution in [2.45, 2.75) is 10.6 Å². The third-order valence-electron chi connectivity index (χ3n) is 2.67. The van der Waals surface area contributed by atoms with Gasteiger partial charge in [0.05, 0.1) is 11.4 Å². The summed E-state index contributed by atoms with van der Waals surface area (Å²) in [5, 5.41) is 4.64. The molecule has 1 aromatic carbocycles. The number of benzene rings is 1. The highest BCUT2D eigenvalue weighted by Crippen LogP contribution is 2.26. The van der Waals surface area contributed by atoms with Gasteiger partial charge in [-0.15, -0.1) is 11.8 Å². The van der Waals surface area contributed by atoms with Gasteiger partial charge < -0.3 is 10.3 Å². The molecule has 0 saturated heterocycles. The second kappa shape index (κ2) is 6.15. The monoisotopic (exact) mass is 318 g/mol. The quantitative estimate of drug-likeness (QED) is 0.740. The Balaban J connectivity index is 1.72. The molecule has 0 radical (unpaired) electrons. The van der Waals surface area contributed by atoms with Crippen molar-refractivity contribution in [3.8, 4) is 11.6 Å². The van der Waals surface area contributed by atoms with Gasteiger partial charge in [-0.3, -0.25) is 0 Å². The molecule has 7 heteroatoms. The average Bonchev–Trinajstić information content (AvgIpc) is 2.94. The first-order valence-corrected chi connectivity index (χ1v) is 7.50. The van der Waals surface area contributed by atoms with Crippen molar-refractivity contribution < 1.29 is 4.52 Å². The molecule has 0 fully saturated rings. The highest BCUT2D eigenvalue weighted by Gasteiger charge is 2.12. The molecule has 0 bridgehead atoms. The Bertz CT molecular complexity index is 762. The Morgan fingerprint density at radius 2 is 2.14 bits per heavy atom. The SMILES string of the molecule is Nc1cccnc1-c1nc(CSc2cccc(Cl)c2)no1. The molecular formula is C14H11ClN4OS. The lowest BCUT2D eigenvalue weighted by atomic mass is 10.3. The maximum Gasteiger partial charge on any atom is 0.278 e. The maximum atomic E-state index is 5.94. The third-order valence-corrected chi connectivity index (χ3v) is 3.90. The molecule has 0 atom stereocenters. The summed E-state index contributed by atoms with van der Waals surface area (Å²) >= 11 is 7.52. The van der Waals surface area contributed by atoms with E-state index in [0.717, 1.165) is 4.90 Å². The Morgan fingerprint density at radius 3 is 2.95 bits per heavy atom. The summed E-state index contributed by atoms with van der Waals surface area (Å²) in [7, 11) is 0. The van der Waals surface area contributed by atoms with Crippen LogP contribution in [0.5, 0.6) is 0 Å². The van der Waals surface area contributed by atoms with Crippen molar-refractivity contribution >= 4 is 29.1 Å². The highest BCUT2D eigenvalue weighted by atomic mass is 35.5. The molecule has 0 aliphatic heterocycles. The number of nitrogen functional groups attached to an aromatic ring is 1. The van der Waals surface area contributed by atoms with E-state index in [-0.39, 0.29) is 0 Å². The molecule has 2 heterocycles. The van der Waals surface area contributed by atoms with Crippen LogP contribution in [0.3, 0.4) is 0 Å². The van der Waals surface area contributed by atoms with Gasteiger partial charge in [-0.25, -0.2) is 4.98 Å². The fourth-order valence-corrected chi connectivity index (χ4v) is 2.76. The first-order chi connectivity index (χ1) is 10.2. The van der Waals surface area contributed by atoms with Gasteiger partial charge in [0.25, 0.3) is 5.89 Å². The van der Waals surface area contributed by atoms with Gasteiger partial charge in [0.2, 0.25) is 0 Å². The van der Waals surface area contributed by atoms with E-state index in [1.807, 2.05) is 24.3 Å². The zero-order valence-corrected chi connectivity index (χ0v) is 12.4. The van der Waals surface area contributed by atoms with Crippen LogP contribution in [0, 0.1) is 0 Å². The summed E-state index contributed by atoms with van der Waals surface area (Å²) in [6.07, 6.45) is 1.64. The number of halogens is 1. The molecule has 3 aromatic rings. The van der Waals surface area contributed by atoms with Gasteiger partial charge in [-0.1, -0.05) is 22.8 Å². The van der Waals surface area contributed by atoms with Crippen LogP contribution in [0.1, 0.15) is 5.82 Å². The number of hydrogen-bond acceptors (Lipinski definition) is 6. The molecule has 2 aromatic heterocycles. The van der Waals surface area contributed by atoms with Crippen molar-refractivity contribution in [3.63, 3.8) is 0 Å². The number of rotatable bonds is 4. The second-order valence-electron chi connectivity index (χ2n) is 4.20. The molecule has 0 aliphatic carbocycles. The Hall–Kier alpha value is -2.05. The number of nitrogens with two attached hydrogens (primary N) is 1. The van der Waals surface area contributed by atoms with Crippen molar-refractivity contribution in [2.24, 2.45) is 0 Å². The Labute approximate surface area is 130 Å². The van der Waals surface area contributed by atoms with Crippen LogP contribution < -0.4 is 5.73 Å². The van der Waals surface area contributed by atoms with Crippen molar-refractivity contribution in [1.82, 2.24) is 15.1 Å². The largest absolute Gasteiger partial charge is 0.397 e. The van der Waals surface area contributed by atoms with Crippen molar-refractivity contribution in [1.29, 1.82) is 0 Å². The first kappa shape index (κ1) is 13.9. The molecule has 0 unspecified atom stereocenters. The zero-order valence-electron chi connectivity index (χ0n) is 10.9. The fourth-order valence-electron chi connectivity index (χ4n) is 1.71. The molecule has 0 saturated carbocycles. The van der Waals surface area contributed by atoms with Gasteiger partial charge in [0.15, 0.2) is 11.5 Å². The van der Waals surface area contributed by atoms with E-state index in [1.165, 1.54) is 0 Å². The van der Waals surface area contributed by atoms with Crippen LogP contribution in [0.15, 0.2) is 52.0 Å². The lowest BCUT2D eigenvalue weighted by molar-refractivity contribution is 0.424. The van der Waals surface area contributed by atoms with E-state index in [4.69, 9.17) is 21.9 Å². The lowest BCUT2D eigenvalue weighted by Crippen LogP contribution is -1.92. The maximum absolute atomic E-state index is 5.94. The van der Waals surface area contributed by atoms with Gasteiger partial charge in [0.1, 0.15) is 0 Å². The molecule has 5 nitrogen and oxygen atoms in total. The highest BCUT2D eigenvalue weighted by molar-refractivity contribution is 7.98. The number of nitrogens with zero attached hydrogens (tertiary/aromatic N) is 3. The average molecular weight is 319 g/mol. The minimum absolute atomic E-state index is 0.329. The summed E-state index contributed by atoms with van der Waals surface area (Å²) in [6, 6.07) is 11.1. The van der Waals surface area contributed by atoms with E-state index in [1.54, 1.807) is 30.1 Å². The molecule has 0 amide bonds. The standard InChI is InChI=1S/C14H11ClN4OS/c15-9-3-1-4-10(7-9)21-8-12-18-14(20-19-12)13-11(16)5-2-6-17-13/h1-7H,8,16H2. The minimum Gasteiger partial charge on any atom is -0.397 e. The van der Waals surface area contributed by atoms with Crippen molar-refractivity contribution in [2.75, 3.05) is 5.73 Å². The number of anilines is 1. The number of hydrogen-bond donors (Lipinski definition) is 1. The van der Waals surface area contributed by atoms with E-state index < -0.39 is 0 Å². The predicted octanol–water partition coefficient (Wildman–Crippen LogP) is 3.66. The molecular weight excluding hydrogens is 308 g/mol. The van der Waals surface area contributed by atoms with E-state index in [9.17, 15) is 0 Å². The number of pyridine rings is 1. The van der Waals surface area contributed by atoms with Crippen LogP contribution >= 0.6 is 23.4 Å². The minimum atomic E-state index is 0.329. The van der Waals surface area contributed by atoms with Crippen LogP contribution in [-0.4, -0.2) is 15.1 Å². The zero-order chi connectivity index (χ0) is 14.7. The first-order valence-electron chi connectivity index (χ1n) is 6.14. The van der Waals surface area contributed by atoms with Crippen LogP contribution in [-0.2, 0) is 5.75 Å². The predicted molar refractivity (Wildman–Crippen MR) is 83.0 cm³/mol. The molecule has 0 spiro atoms. The van der Waals surface area contributed by atoms with Crippen molar-refractivity contribution in [3.05, 3.63) is 53.4 Å². The molecule has 2 N–H and O–H groups in total. The van der Waals surface area contributed by atoms with Crippen LogP contribution in [0.4, 0.5) is 5.69 Å². The number of aromatic nitrogens is 3. The summed E-state index contributed by atoms with van der Waals surface area (Å²) in [5.74, 6) is 1.49. The van der Waals surface area contributed by atoms with Gasteiger partial charge >= 0.3 is 0 Å². The van der Waals surface area contributed by atoms with E-state index in [2.05, 4.69) is 15.1 Å². The normalized spacial score (nSPS) is 10.7. The van der Waals surface area contributed by atoms with Gasteiger partial charge in [-0.2, -0.15) is 4.98 Å². The topological polar surface area (TPSA) is 77.8 Å². The molecule has 21 heavy (non-hydrogen) atoms. The van der Waals surface area contributed by atoms with Crippen LogP contribution in [0.2, 0.25) is 5.02 Å². The van der Waals surface area contributed by atoms with Crippen LogP contribution in [0.25, 0.3) is 11.6 Å². The van der Waals surface area contributed by atoms with E-state index in [0.29, 0.717) is 33.9 Å². The van der Waals surface area contributed by atoms with Gasteiger partial charge in [0, 0.05) is 16.1 Å². The summed E-state index contributed by atoms with van der Waals surface area (Å²) in [6.45, 7) is 0. The molecule has 3 rings (SSSR count).